The van der Waals surface area contributed by atoms with Crippen LogP contribution in [0.4, 0.5) is 0 Å². The number of nitrogens with zero attached hydrogens (tertiary/aromatic N) is 1. The highest BCUT2D eigenvalue weighted by molar-refractivity contribution is 5.31. The highest BCUT2D eigenvalue weighted by Crippen LogP contribution is 2.35. The first-order chi connectivity index (χ1) is 10.3. The molecule has 0 radical (unpaired) electrons. The van der Waals surface area contributed by atoms with E-state index in [0.29, 0.717) is 12.1 Å². The predicted molar refractivity (Wildman–Crippen MR) is 87.4 cm³/mol. The van der Waals surface area contributed by atoms with Crippen molar-refractivity contribution in [3.8, 4) is 0 Å². The monoisotopic (exact) mass is 287 g/mol. The fourth-order valence-corrected chi connectivity index (χ4v) is 4.37. The topological polar surface area (TPSA) is 23.5 Å². The molecule has 3 unspecified atom stereocenters. The lowest BCUT2D eigenvalue weighted by molar-refractivity contribution is 0.000822. The molecular weight excluding hydrogens is 258 g/mol. The lowest BCUT2D eigenvalue weighted by atomic mass is 9.91. The van der Waals surface area contributed by atoms with E-state index in [4.69, 9.17) is 0 Å². The van der Waals surface area contributed by atoms with Crippen molar-refractivity contribution in [2.24, 2.45) is 0 Å². The number of hydrogen-bond acceptors (Lipinski definition) is 2. The van der Waals surface area contributed by atoms with Crippen molar-refractivity contribution in [1.82, 2.24) is 4.90 Å². The molecule has 1 aromatic rings. The Bertz CT molecular complexity index is 457. The first kappa shape index (κ1) is 15.1. The van der Waals surface area contributed by atoms with E-state index in [0.717, 1.165) is 12.8 Å². The van der Waals surface area contributed by atoms with Gasteiger partial charge in [-0.1, -0.05) is 44.0 Å². The number of aliphatic hydroxyl groups excluding tert-OH is 1. The van der Waals surface area contributed by atoms with E-state index in [2.05, 4.69) is 36.1 Å². The van der Waals surface area contributed by atoms with Crippen molar-refractivity contribution in [2.45, 2.75) is 76.5 Å². The van der Waals surface area contributed by atoms with Gasteiger partial charge in [0.15, 0.2) is 0 Å². The maximum absolute atomic E-state index is 11.0. The number of benzene rings is 1. The molecule has 0 aromatic heterocycles. The second kappa shape index (κ2) is 6.93. The van der Waals surface area contributed by atoms with Gasteiger partial charge in [-0.15, -0.1) is 0 Å². The van der Waals surface area contributed by atoms with E-state index < -0.39 is 0 Å². The van der Waals surface area contributed by atoms with Crippen LogP contribution >= 0.6 is 0 Å². The zero-order chi connectivity index (χ0) is 14.7. The van der Waals surface area contributed by atoms with Gasteiger partial charge in [-0.3, -0.25) is 4.90 Å². The molecule has 0 saturated carbocycles. The molecule has 2 nitrogen and oxygen atoms in total. The van der Waals surface area contributed by atoms with Gasteiger partial charge in [0.25, 0.3) is 0 Å². The van der Waals surface area contributed by atoms with E-state index >= 15 is 0 Å². The summed E-state index contributed by atoms with van der Waals surface area (Å²) >= 11 is 0. The van der Waals surface area contributed by atoms with Crippen molar-refractivity contribution >= 4 is 0 Å². The Labute approximate surface area is 129 Å². The molecule has 1 aliphatic carbocycles. The molecule has 21 heavy (non-hydrogen) atoms. The van der Waals surface area contributed by atoms with Crippen LogP contribution in [0.2, 0.25) is 0 Å². The minimum absolute atomic E-state index is 0.304. The zero-order valence-corrected chi connectivity index (χ0v) is 13.3. The molecule has 1 fully saturated rings. The van der Waals surface area contributed by atoms with Gasteiger partial charge in [0.1, 0.15) is 0 Å². The van der Waals surface area contributed by atoms with Crippen LogP contribution in [0.25, 0.3) is 0 Å². The third-order valence-corrected chi connectivity index (χ3v) is 5.40. The van der Waals surface area contributed by atoms with Crippen molar-refractivity contribution < 1.29 is 5.11 Å². The van der Waals surface area contributed by atoms with E-state index in [-0.39, 0.29) is 6.10 Å². The Morgan fingerprint density at radius 2 is 2.00 bits per heavy atom. The lowest BCUT2D eigenvalue weighted by Crippen LogP contribution is -2.48. The Hall–Kier alpha value is -0.860. The standard InChI is InChI=1S/C19H29NO/c1-2-8-16-11-5-6-14-20(16)18-13-7-10-15-9-3-4-12-17(15)19(18)21/h3-4,9,12,16,18-19,21H,2,5-8,10-11,13-14H2,1H3. The van der Waals surface area contributed by atoms with Crippen LogP contribution in [0, 0.1) is 0 Å². The molecule has 2 aliphatic rings. The molecule has 1 aromatic carbocycles. The van der Waals surface area contributed by atoms with Crippen LogP contribution in [-0.4, -0.2) is 28.6 Å². The van der Waals surface area contributed by atoms with E-state index in [1.54, 1.807) is 0 Å². The molecule has 0 bridgehead atoms. The normalized spacial score (nSPS) is 30.7. The third kappa shape index (κ3) is 3.17. The van der Waals surface area contributed by atoms with Crippen LogP contribution in [0.5, 0.6) is 0 Å². The van der Waals surface area contributed by atoms with Gasteiger partial charge < -0.3 is 5.11 Å². The molecule has 1 saturated heterocycles. The molecule has 3 rings (SSSR count). The SMILES string of the molecule is CCCC1CCCCN1C1CCCc2ccccc2C1O. The maximum atomic E-state index is 11.0. The van der Waals surface area contributed by atoms with Crippen molar-refractivity contribution in [1.29, 1.82) is 0 Å². The van der Waals surface area contributed by atoms with Crippen molar-refractivity contribution in [3.63, 3.8) is 0 Å². The summed E-state index contributed by atoms with van der Waals surface area (Å²) in [5.41, 5.74) is 2.54. The molecule has 116 valence electrons. The quantitative estimate of drug-likeness (QED) is 0.847. The Morgan fingerprint density at radius 3 is 2.86 bits per heavy atom. The summed E-state index contributed by atoms with van der Waals surface area (Å²) < 4.78 is 0. The predicted octanol–water partition coefficient (Wildman–Crippen LogP) is 4.08. The van der Waals surface area contributed by atoms with Crippen LogP contribution in [0.1, 0.15) is 69.1 Å². The average Bonchev–Trinajstić information content (AvgIpc) is 2.68. The van der Waals surface area contributed by atoms with Gasteiger partial charge >= 0.3 is 0 Å². The van der Waals surface area contributed by atoms with Gasteiger partial charge in [0, 0.05) is 12.1 Å². The van der Waals surface area contributed by atoms with E-state index in [9.17, 15) is 5.11 Å². The summed E-state index contributed by atoms with van der Waals surface area (Å²) in [5, 5.41) is 11.0. The van der Waals surface area contributed by atoms with Crippen molar-refractivity contribution in [2.75, 3.05) is 6.54 Å². The minimum Gasteiger partial charge on any atom is -0.387 e. The first-order valence-electron chi connectivity index (χ1n) is 8.83. The van der Waals surface area contributed by atoms with Gasteiger partial charge in [0.2, 0.25) is 0 Å². The number of fused-ring (bicyclic) bond motifs is 1. The molecular formula is C19H29NO. The van der Waals surface area contributed by atoms with E-state index in [1.807, 2.05) is 0 Å². The molecule has 1 heterocycles. The van der Waals surface area contributed by atoms with Crippen LogP contribution in [0.15, 0.2) is 24.3 Å². The van der Waals surface area contributed by atoms with Crippen LogP contribution in [0.3, 0.4) is 0 Å². The molecule has 2 heteroatoms. The Balaban J connectivity index is 1.83. The van der Waals surface area contributed by atoms with Gasteiger partial charge in [-0.2, -0.15) is 0 Å². The Kier molecular flexibility index (Phi) is 4.97. The zero-order valence-electron chi connectivity index (χ0n) is 13.3. The number of aryl methyl sites for hydroxylation is 1. The van der Waals surface area contributed by atoms with Gasteiger partial charge in [-0.05, 0) is 56.2 Å². The smallest absolute Gasteiger partial charge is 0.0947 e. The fourth-order valence-electron chi connectivity index (χ4n) is 4.37. The number of likely N-dealkylation sites (tertiary alicyclic amines) is 1. The molecule has 0 spiro atoms. The third-order valence-electron chi connectivity index (χ3n) is 5.40. The molecule has 3 atom stereocenters. The largest absolute Gasteiger partial charge is 0.387 e. The number of piperidine rings is 1. The van der Waals surface area contributed by atoms with Crippen LogP contribution < -0.4 is 0 Å². The summed E-state index contributed by atoms with van der Waals surface area (Å²) in [6.45, 7) is 3.46. The number of aliphatic hydroxyl groups is 1. The number of hydrogen-bond donors (Lipinski definition) is 1. The van der Waals surface area contributed by atoms with Gasteiger partial charge in [-0.25, -0.2) is 0 Å². The summed E-state index contributed by atoms with van der Waals surface area (Å²) in [7, 11) is 0. The van der Waals surface area contributed by atoms with Crippen LogP contribution in [-0.2, 0) is 6.42 Å². The fraction of sp³-hybridized carbons (Fsp3) is 0.684. The lowest BCUT2D eigenvalue weighted by Gasteiger charge is -2.43. The average molecular weight is 287 g/mol. The maximum Gasteiger partial charge on any atom is 0.0947 e. The first-order valence-corrected chi connectivity index (χ1v) is 8.83. The molecule has 0 amide bonds. The molecule has 1 N–H and O–H groups in total. The van der Waals surface area contributed by atoms with Gasteiger partial charge in [0.05, 0.1) is 6.10 Å². The summed E-state index contributed by atoms with van der Waals surface area (Å²) in [6.07, 6.45) is 9.66. The second-order valence-corrected chi connectivity index (χ2v) is 6.78. The highest BCUT2D eigenvalue weighted by Gasteiger charge is 2.35. The summed E-state index contributed by atoms with van der Waals surface area (Å²) in [6, 6.07) is 9.52. The minimum atomic E-state index is -0.304. The second-order valence-electron chi connectivity index (χ2n) is 6.78. The highest BCUT2D eigenvalue weighted by atomic mass is 16.3. The number of rotatable bonds is 3. The summed E-state index contributed by atoms with van der Waals surface area (Å²) in [5.74, 6) is 0. The van der Waals surface area contributed by atoms with Crippen molar-refractivity contribution in [3.05, 3.63) is 35.4 Å². The Morgan fingerprint density at radius 1 is 1.14 bits per heavy atom. The summed E-state index contributed by atoms with van der Waals surface area (Å²) in [4.78, 5) is 2.65. The van der Waals surface area contributed by atoms with E-state index in [1.165, 1.54) is 56.2 Å². The molecule has 1 aliphatic heterocycles.